The Morgan fingerprint density at radius 1 is 1.17 bits per heavy atom. The lowest BCUT2D eigenvalue weighted by Crippen LogP contribution is -2.27. The van der Waals surface area contributed by atoms with Gasteiger partial charge < -0.3 is 16.0 Å². The van der Waals surface area contributed by atoms with Crippen LogP contribution in [0.15, 0.2) is 61.6 Å². The lowest BCUT2D eigenvalue weighted by Gasteiger charge is -2.14. The number of nitrogens with one attached hydrogen (secondary N) is 1. The van der Waals surface area contributed by atoms with Gasteiger partial charge in [0.2, 0.25) is 5.91 Å². The highest BCUT2D eigenvalue weighted by molar-refractivity contribution is 6.04. The maximum atomic E-state index is 12.7. The second-order valence-electron chi connectivity index (χ2n) is 8.43. The molecule has 3 N–H and O–H groups in total. The smallest absolute Gasteiger partial charge is 0.256 e. The van der Waals surface area contributed by atoms with Gasteiger partial charge in [-0.1, -0.05) is 18.7 Å². The quantitative estimate of drug-likeness (QED) is 0.430. The molecule has 176 valence electrons. The minimum atomic E-state index is -0.259. The van der Waals surface area contributed by atoms with Gasteiger partial charge in [0.25, 0.3) is 5.91 Å². The molecule has 0 bridgehead atoms. The molecule has 1 fully saturated rings. The molecule has 0 aliphatic carbocycles. The van der Waals surface area contributed by atoms with Gasteiger partial charge in [0.15, 0.2) is 5.65 Å². The van der Waals surface area contributed by atoms with Gasteiger partial charge in [-0.25, -0.2) is 19.6 Å². The Morgan fingerprint density at radius 2 is 1.97 bits per heavy atom. The first-order chi connectivity index (χ1) is 16.9. The number of carbonyl (C=O) groups is 2. The molecule has 1 aliphatic heterocycles. The van der Waals surface area contributed by atoms with Crippen LogP contribution < -0.4 is 11.1 Å². The van der Waals surface area contributed by atoms with Gasteiger partial charge in [-0.15, -0.1) is 0 Å². The average Bonchev–Trinajstić information content (AvgIpc) is 3.50. The number of aromatic nitrogens is 5. The van der Waals surface area contributed by atoms with E-state index < -0.39 is 0 Å². The van der Waals surface area contributed by atoms with Crippen molar-refractivity contribution in [3.8, 4) is 11.3 Å². The lowest BCUT2D eigenvalue weighted by molar-refractivity contribution is -0.125. The molecule has 4 heterocycles. The molecule has 1 aliphatic rings. The van der Waals surface area contributed by atoms with Crippen molar-refractivity contribution < 1.29 is 9.59 Å². The number of benzene rings is 1. The Labute approximate surface area is 201 Å². The molecule has 10 heteroatoms. The van der Waals surface area contributed by atoms with Gasteiger partial charge >= 0.3 is 0 Å². The molecule has 35 heavy (non-hydrogen) atoms. The van der Waals surface area contributed by atoms with Crippen molar-refractivity contribution in [1.29, 1.82) is 0 Å². The van der Waals surface area contributed by atoms with E-state index in [0.717, 1.165) is 17.5 Å². The standard InChI is InChI=1S/C25H24N8O2/c1-3-20(34)32-11-9-18(13-32)33-24-21(23(26)28-14-29-24)22(31-33)16-4-6-17(7-5-16)25(35)30-19-12-15(2)8-10-27-19/h3-8,10,12,14,18H,1,9,11,13H2,2H3,(H2,26,28,29)(H,27,30,35)/t18-/m1/s1. The van der Waals surface area contributed by atoms with Crippen molar-refractivity contribution in [2.45, 2.75) is 19.4 Å². The van der Waals surface area contributed by atoms with Crippen molar-refractivity contribution in [3.05, 3.63) is 72.7 Å². The van der Waals surface area contributed by atoms with Gasteiger partial charge in [-0.05, 0) is 49.2 Å². The zero-order chi connectivity index (χ0) is 24.5. The number of amides is 2. The van der Waals surface area contributed by atoms with Crippen LogP contribution in [0, 0.1) is 6.92 Å². The molecule has 4 aromatic rings. The summed E-state index contributed by atoms with van der Waals surface area (Å²) in [6, 6.07) is 10.7. The van der Waals surface area contributed by atoms with Crippen LogP contribution in [0.1, 0.15) is 28.4 Å². The van der Waals surface area contributed by atoms with E-state index in [2.05, 4.69) is 26.8 Å². The Hall–Kier alpha value is -4.60. The second kappa shape index (κ2) is 8.98. The number of hydrogen-bond acceptors (Lipinski definition) is 7. The summed E-state index contributed by atoms with van der Waals surface area (Å²) in [5.74, 6) is 0.453. The molecular formula is C25H24N8O2. The number of nitrogen functional groups attached to an aromatic ring is 1. The summed E-state index contributed by atoms with van der Waals surface area (Å²) < 4.78 is 1.82. The number of hydrogen-bond donors (Lipinski definition) is 2. The number of nitrogens with two attached hydrogens (primary N) is 1. The van der Waals surface area contributed by atoms with Gasteiger partial charge in [-0.2, -0.15) is 5.10 Å². The Balaban J connectivity index is 1.45. The van der Waals surface area contributed by atoms with E-state index in [4.69, 9.17) is 10.8 Å². The first-order valence-electron chi connectivity index (χ1n) is 11.2. The van der Waals surface area contributed by atoms with E-state index in [1.165, 1.54) is 12.4 Å². The van der Waals surface area contributed by atoms with Crippen LogP contribution in [0.4, 0.5) is 11.6 Å². The minimum Gasteiger partial charge on any atom is -0.383 e. The van der Waals surface area contributed by atoms with Gasteiger partial charge in [0.05, 0.1) is 11.4 Å². The third kappa shape index (κ3) is 4.21. The number of pyridine rings is 1. The summed E-state index contributed by atoms with van der Waals surface area (Å²) in [5, 5.41) is 8.28. The molecule has 1 aromatic carbocycles. The SMILES string of the molecule is C=CC(=O)N1CC[C@@H](n2nc(-c3ccc(C(=O)Nc4cc(C)ccn4)cc3)c3c(N)ncnc32)C1. The van der Waals surface area contributed by atoms with Crippen molar-refractivity contribution in [3.63, 3.8) is 0 Å². The van der Waals surface area contributed by atoms with Crippen LogP contribution in [0.5, 0.6) is 0 Å². The van der Waals surface area contributed by atoms with E-state index in [-0.39, 0.29) is 17.9 Å². The predicted molar refractivity (Wildman–Crippen MR) is 133 cm³/mol. The maximum Gasteiger partial charge on any atom is 0.256 e. The molecule has 0 saturated carbocycles. The molecule has 0 unspecified atom stereocenters. The van der Waals surface area contributed by atoms with Crippen LogP contribution in [-0.4, -0.2) is 54.5 Å². The predicted octanol–water partition coefficient (Wildman–Crippen LogP) is 2.99. The van der Waals surface area contributed by atoms with E-state index in [9.17, 15) is 9.59 Å². The van der Waals surface area contributed by atoms with Gasteiger partial charge in [0, 0.05) is 30.4 Å². The number of nitrogens with zero attached hydrogens (tertiary/aromatic N) is 6. The van der Waals surface area contributed by atoms with Crippen molar-refractivity contribution >= 4 is 34.5 Å². The first-order valence-corrected chi connectivity index (χ1v) is 11.2. The fourth-order valence-corrected chi connectivity index (χ4v) is 4.30. The van der Waals surface area contributed by atoms with Gasteiger partial charge in [-0.3, -0.25) is 9.59 Å². The lowest BCUT2D eigenvalue weighted by atomic mass is 10.1. The normalized spacial score (nSPS) is 15.3. The summed E-state index contributed by atoms with van der Waals surface area (Å²) >= 11 is 0. The topological polar surface area (TPSA) is 132 Å². The number of rotatable bonds is 5. The summed E-state index contributed by atoms with van der Waals surface area (Å²) in [4.78, 5) is 39.2. The molecule has 10 nitrogen and oxygen atoms in total. The first kappa shape index (κ1) is 22.2. The summed E-state index contributed by atoms with van der Waals surface area (Å²) in [6.45, 7) is 6.64. The highest BCUT2D eigenvalue weighted by Crippen LogP contribution is 2.34. The zero-order valence-corrected chi connectivity index (χ0v) is 19.2. The number of anilines is 2. The van der Waals surface area contributed by atoms with E-state index >= 15 is 0 Å². The third-order valence-corrected chi connectivity index (χ3v) is 6.09. The average molecular weight is 469 g/mol. The van der Waals surface area contributed by atoms with E-state index in [0.29, 0.717) is 47.0 Å². The highest BCUT2D eigenvalue weighted by atomic mass is 16.2. The van der Waals surface area contributed by atoms with Gasteiger partial charge in [0.1, 0.15) is 23.7 Å². The van der Waals surface area contributed by atoms with Crippen LogP contribution >= 0.6 is 0 Å². The monoisotopic (exact) mass is 468 g/mol. The molecule has 1 atom stereocenters. The number of fused-ring (bicyclic) bond motifs is 1. The maximum absolute atomic E-state index is 12.7. The Bertz CT molecular complexity index is 1440. The summed E-state index contributed by atoms with van der Waals surface area (Å²) in [6.07, 6.45) is 5.13. The molecule has 2 amide bonds. The fraction of sp³-hybridized carbons (Fsp3) is 0.200. The molecule has 5 rings (SSSR count). The molecule has 1 saturated heterocycles. The number of aryl methyl sites for hydroxylation is 1. The van der Waals surface area contributed by atoms with Crippen LogP contribution in [-0.2, 0) is 4.79 Å². The fourth-order valence-electron chi connectivity index (χ4n) is 4.30. The van der Waals surface area contributed by atoms with Crippen LogP contribution in [0.25, 0.3) is 22.3 Å². The summed E-state index contributed by atoms with van der Waals surface area (Å²) in [7, 11) is 0. The second-order valence-corrected chi connectivity index (χ2v) is 8.43. The Morgan fingerprint density at radius 3 is 2.71 bits per heavy atom. The zero-order valence-electron chi connectivity index (χ0n) is 19.2. The molecule has 0 radical (unpaired) electrons. The third-order valence-electron chi connectivity index (χ3n) is 6.09. The largest absolute Gasteiger partial charge is 0.383 e. The number of carbonyl (C=O) groups excluding carboxylic acids is 2. The van der Waals surface area contributed by atoms with Crippen molar-refractivity contribution in [2.75, 3.05) is 24.1 Å². The Kier molecular flexibility index (Phi) is 5.69. The van der Waals surface area contributed by atoms with Crippen LogP contribution in [0.3, 0.4) is 0 Å². The minimum absolute atomic E-state index is 0.0451. The van der Waals surface area contributed by atoms with Crippen LogP contribution in [0.2, 0.25) is 0 Å². The molecule has 3 aromatic heterocycles. The highest BCUT2D eigenvalue weighted by Gasteiger charge is 2.30. The van der Waals surface area contributed by atoms with E-state index in [1.54, 1.807) is 29.3 Å². The van der Waals surface area contributed by atoms with Crippen molar-refractivity contribution in [1.82, 2.24) is 29.6 Å². The number of likely N-dealkylation sites (tertiary alicyclic amines) is 1. The molecule has 0 spiro atoms. The summed E-state index contributed by atoms with van der Waals surface area (Å²) in [5.41, 5.74) is 9.73. The van der Waals surface area contributed by atoms with E-state index in [1.807, 2.05) is 29.8 Å². The molecular weight excluding hydrogens is 444 g/mol. The van der Waals surface area contributed by atoms with Crippen molar-refractivity contribution in [2.24, 2.45) is 0 Å².